The number of hydrogen-bond acceptors (Lipinski definition) is 6. The number of ether oxygens (including phenoxy) is 1. The van der Waals surface area contributed by atoms with Gasteiger partial charge in [0.1, 0.15) is 6.04 Å². The van der Waals surface area contributed by atoms with E-state index in [9.17, 15) is 14.2 Å². The van der Waals surface area contributed by atoms with Crippen LogP contribution in [0.3, 0.4) is 0 Å². The van der Waals surface area contributed by atoms with E-state index < -0.39 is 24.9 Å². The van der Waals surface area contributed by atoms with E-state index in [1.165, 1.54) is 18.9 Å². The van der Waals surface area contributed by atoms with Gasteiger partial charge in [0.15, 0.2) is 5.12 Å². The first-order valence-corrected chi connectivity index (χ1v) is 10.5. The average molecular weight is 367 g/mol. The summed E-state index contributed by atoms with van der Waals surface area (Å²) in [5.41, 5.74) is -0.412. The zero-order valence-corrected chi connectivity index (χ0v) is 16.9. The van der Waals surface area contributed by atoms with Crippen LogP contribution in [-0.4, -0.2) is 42.8 Å². The van der Waals surface area contributed by atoms with Crippen LogP contribution in [-0.2, 0) is 23.4 Å². The molecule has 0 radical (unpaired) electrons. The van der Waals surface area contributed by atoms with Gasteiger partial charge in [-0.05, 0) is 5.92 Å². The smallest absolute Gasteiger partial charge is 0.323 e. The van der Waals surface area contributed by atoms with Crippen molar-refractivity contribution in [2.24, 2.45) is 11.3 Å². The van der Waals surface area contributed by atoms with Crippen LogP contribution in [0.4, 0.5) is 0 Å². The number of esters is 1. The molecule has 2 atom stereocenters. The van der Waals surface area contributed by atoms with Crippen LogP contribution in [0.15, 0.2) is 0 Å². The lowest BCUT2D eigenvalue weighted by Crippen LogP contribution is -2.40. The Morgan fingerprint density at radius 3 is 2.22 bits per heavy atom. The average Bonchev–Trinajstić information content (AvgIpc) is 2.47. The summed E-state index contributed by atoms with van der Waals surface area (Å²) in [6, 6.07) is -0.686. The first-order chi connectivity index (χ1) is 10.5. The summed E-state index contributed by atoms with van der Waals surface area (Å²) in [7, 11) is -1.86. The van der Waals surface area contributed by atoms with Gasteiger partial charge in [-0.25, -0.2) is 5.09 Å². The van der Waals surface area contributed by atoms with Gasteiger partial charge in [0, 0.05) is 17.3 Å². The van der Waals surface area contributed by atoms with Crippen molar-refractivity contribution in [3.05, 3.63) is 0 Å². The molecule has 0 spiro atoms. The molecule has 23 heavy (non-hydrogen) atoms. The molecule has 6 nitrogen and oxygen atoms in total. The van der Waals surface area contributed by atoms with Gasteiger partial charge < -0.3 is 9.26 Å². The largest absolute Gasteiger partial charge is 0.468 e. The molecule has 0 aliphatic heterocycles. The molecule has 0 fully saturated rings. The standard InChI is InChI=1S/C15H30NO5PS/c1-8-22(19,16-12(11(2)3)13(17)20-7)21-9-10-23-14(18)15(4,5)6/h11-12H,8-10H2,1-7H3,(H,16,19)/t12-,22?/m0/s1. The van der Waals surface area contributed by atoms with Crippen molar-refractivity contribution >= 4 is 30.4 Å². The summed E-state index contributed by atoms with van der Waals surface area (Å²) in [5, 5.41) is 2.88. The van der Waals surface area contributed by atoms with Crippen molar-refractivity contribution in [1.82, 2.24) is 5.09 Å². The van der Waals surface area contributed by atoms with E-state index >= 15 is 0 Å². The van der Waals surface area contributed by atoms with Crippen LogP contribution >= 0.6 is 19.3 Å². The molecule has 1 N–H and O–H groups in total. The van der Waals surface area contributed by atoms with Crippen LogP contribution in [0.1, 0.15) is 41.5 Å². The quantitative estimate of drug-likeness (QED) is 0.380. The van der Waals surface area contributed by atoms with E-state index in [1.54, 1.807) is 6.92 Å². The topological polar surface area (TPSA) is 81.7 Å². The molecule has 0 bridgehead atoms. The fourth-order valence-electron chi connectivity index (χ4n) is 1.57. The van der Waals surface area contributed by atoms with Crippen LogP contribution in [0.5, 0.6) is 0 Å². The molecule has 0 saturated heterocycles. The lowest BCUT2D eigenvalue weighted by Gasteiger charge is -2.26. The highest BCUT2D eigenvalue weighted by atomic mass is 32.2. The van der Waals surface area contributed by atoms with Crippen molar-refractivity contribution in [2.75, 3.05) is 25.6 Å². The number of carbonyl (C=O) groups excluding carboxylic acids is 2. The third kappa shape index (κ3) is 8.34. The minimum Gasteiger partial charge on any atom is -0.468 e. The molecule has 0 aromatic carbocycles. The predicted molar refractivity (Wildman–Crippen MR) is 94.8 cm³/mol. The zero-order chi connectivity index (χ0) is 18.3. The van der Waals surface area contributed by atoms with E-state index in [0.29, 0.717) is 5.75 Å². The Morgan fingerprint density at radius 2 is 1.83 bits per heavy atom. The Hall–Kier alpha value is -0.360. The highest BCUT2D eigenvalue weighted by molar-refractivity contribution is 8.13. The maximum Gasteiger partial charge on any atom is 0.323 e. The highest BCUT2D eigenvalue weighted by Crippen LogP contribution is 2.43. The maximum absolute atomic E-state index is 12.7. The van der Waals surface area contributed by atoms with E-state index in [0.717, 1.165) is 0 Å². The van der Waals surface area contributed by atoms with Gasteiger partial charge in [-0.1, -0.05) is 53.3 Å². The molecule has 0 aliphatic rings. The molecule has 1 unspecified atom stereocenters. The molecule has 0 saturated carbocycles. The fraction of sp³-hybridized carbons (Fsp3) is 0.867. The van der Waals surface area contributed by atoms with E-state index in [-0.39, 0.29) is 23.8 Å². The normalized spacial score (nSPS) is 16.0. The fourth-order valence-corrected chi connectivity index (χ4v) is 4.13. The van der Waals surface area contributed by atoms with Crippen molar-refractivity contribution in [3.8, 4) is 0 Å². The van der Waals surface area contributed by atoms with Crippen LogP contribution < -0.4 is 5.09 Å². The Kier molecular flexibility index (Phi) is 9.67. The summed E-state index contributed by atoms with van der Waals surface area (Å²) >= 11 is 1.17. The molecule has 0 aliphatic carbocycles. The highest BCUT2D eigenvalue weighted by Gasteiger charge is 2.32. The van der Waals surface area contributed by atoms with Crippen LogP contribution in [0.2, 0.25) is 0 Å². The zero-order valence-electron chi connectivity index (χ0n) is 15.2. The third-order valence-electron chi connectivity index (χ3n) is 3.10. The molecular formula is C15H30NO5PS. The van der Waals surface area contributed by atoms with Crippen molar-refractivity contribution in [1.29, 1.82) is 0 Å². The summed E-state index contributed by atoms with van der Waals surface area (Å²) < 4.78 is 22.9. The third-order valence-corrected chi connectivity index (χ3v) is 6.45. The summed E-state index contributed by atoms with van der Waals surface area (Å²) in [6.07, 6.45) is 0.255. The van der Waals surface area contributed by atoms with Gasteiger partial charge in [-0.2, -0.15) is 0 Å². The Bertz CT molecular complexity index is 448. The van der Waals surface area contributed by atoms with Crippen LogP contribution in [0.25, 0.3) is 0 Å². The Labute approximate surface area is 144 Å². The minimum absolute atomic E-state index is 0.0648. The molecule has 0 heterocycles. The molecule has 0 aromatic rings. The predicted octanol–water partition coefficient (Wildman–Crippen LogP) is 3.31. The first-order valence-electron chi connectivity index (χ1n) is 7.73. The number of rotatable bonds is 9. The van der Waals surface area contributed by atoms with Gasteiger partial charge in [0.2, 0.25) is 0 Å². The number of hydrogen-bond donors (Lipinski definition) is 1. The van der Waals surface area contributed by atoms with Gasteiger partial charge in [0.05, 0.1) is 13.7 Å². The van der Waals surface area contributed by atoms with Gasteiger partial charge in [0.25, 0.3) is 7.52 Å². The number of methoxy groups -OCH3 is 1. The summed E-state index contributed by atoms with van der Waals surface area (Å²) in [4.78, 5) is 23.6. The lowest BCUT2D eigenvalue weighted by atomic mass is 10.00. The Balaban J connectivity index is 4.58. The summed E-state index contributed by atoms with van der Waals surface area (Å²) in [5.74, 6) is -0.121. The molecular weight excluding hydrogens is 337 g/mol. The van der Waals surface area contributed by atoms with Gasteiger partial charge >= 0.3 is 5.97 Å². The molecule has 0 rings (SSSR count). The monoisotopic (exact) mass is 367 g/mol. The number of thioether (sulfide) groups is 1. The van der Waals surface area contributed by atoms with Gasteiger partial charge in [-0.3, -0.25) is 14.2 Å². The van der Waals surface area contributed by atoms with Crippen molar-refractivity contribution < 1.29 is 23.4 Å². The molecule has 8 heteroatoms. The SMILES string of the molecule is CCP(=O)(N[C@H](C(=O)OC)C(C)C)OCCSC(=O)C(C)(C)C. The Morgan fingerprint density at radius 1 is 1.26 bits per heavy atom. The van der Waals surface area contributed by atoms with Gasteiger partial charge in [-0.15, -0.1) is 0 Å². The molecule has 0 amide bonds. The van der Waals surface area contributed by atoms with Crippen molar-refractivity contribution in [2.45, 2.75) is 47.6 Å². The lowest BCUT2D eigenvalue weighted by molar-refractivity contribution is -0.143. The number of carbonyl (C=O) groups is 2. The van der Waals surface area contributed by atoms with Crippen molar-refractivity contribution in [3.63, 3.8) is 0 Å². The second kappa shape index (κ2) is 9.82. The van der Waals surface area contributed by atoms with E-state index in [1.807, 2.05) is 34.6 Å². The molecule has 136 valence electrons. The second-order valence-electron chi connectivity index (χ2n) is 6.58. The minimum atomic E-state index is -3.15. The second-order valence-corrected chi connectivity index (χ2v) is 10.1. The van der Waals surface area contributed by atoms with Crippen LogP contribution in [0, 0.1) is 11.3 Å². The maximum atomic E-state index is 12.7. The number of nitrogens with one attached hydrogen (secondary N) is 1. The first kappa shape index (κ1) is 22.6. The molecule has 0 aromatic heterocycles. The van der Waals surface area contributed by atoms with E-state index in [4.69, 9.17) is 9.26 Å². The van der Waals surface area contributed by atoms with E-state index in [2.05, 4.69) is 5.09 Å². The summed E-state index contributed by atoms with van der Waals surface area (Å²) in [6.45, 7) is 11.1.